The number of nitrogens with zero attached hydrogens (tertiary/aromatic N) is 4. The predicted molar refractivity (Wildman–Crippen MR) is 124 cm³/mol. The van der Waals surface area contributed by atoms with Gasteiger partial charge in [-0.1, -0.05) is 36.4 Å². The second kappa shape index (κ2) is 7.64. The van der Waals surface area contributed by atoms with Crippen LogP contribution in [0.15, 0.2) is 65.6 Å². The van der Waals surface area contributed by atoms with E-state index >= 15 is 0 Å². The molecule has 4 aromatic rings. The van der Waals surface area contributed by atoms with Crippen molar-refractivity contribution in [1.82, 2.24) is 19.2 Å². The molecule has 1 unspecified atom stereocenters. The zero-order valence-electron chi connectivity index (χ0n) is 18.2. The fourth-order valence-corrected chi connectivity index (χ4v) is 5.39. The van der Waals surface area contributed by atoms with Crippen LogP contribution in [0, 0.1) is 0 Å². The molecule has 0 saturated carbocycles. The molecule has 1 fully saturated rings. The van der Waals surface area contributed by atoms with Crippen LogP contribution in [0.1, 0.15) is 35.7 Å². The Bertz CT molecular complexity index is 1360. The maximum absolute atomic E-state index is 12.8. The Morgan fingerprint density at radius 1 is 1.09 bits per heavy atom. The smallest absolute Gasteiger partial charge is 0.275 e. The molecule has 0 bridgehead atoms. The fourth-order valence-electron chi connectivity index (χ4n) is 5.39. The van der Waals surface area contributed by atoms with Gasteiger partial charge in [-0.3, -0.25) is 9.69 Å². The molecule has 32 heavy (non-hydrogen) atoms. The van der Waals surface area contributed by atoms with Crippen LogP contribution in [-0.4, -0.2) is 32.3 Å². The van der Waals surface area contributed by atoms with Gasteiger partial charge in [0.1, 0.15) is 12.4 Å². The first-order chi connectivity index (χ1) is 15.7. The zero-order chi connectivity index (χ0) is 21.7. The number of hydrogen-bond donors (Lipinski definition) is 0. The SMILES string of the molecule is Cn1c2c(c3ccc(-n4ncc(OCc5ccccc5)cc4=O)cc31)C1CCCN1CC2. The first kappa shape index (κ1) is 19.3. The van der Waals surface area contributed by atoms with Gasteiger partial charge in [0.25, 0.3) is 5.56 Å². The third-order valence-corrected chi connectivity index (χ3v) is 6.95. The summed E-state index contributed by atoms with van der Waals surface area (Å²) in [5, 5.41) is 5.70. The summed E-state index contributed by atoms with van der Waals surface area (Å²) in [4.78, 5) is 15.4. The molecule has 0 amide bonds. The number of aromatic nitrogens is 3. The van der Waals surface area contributed by atoms with Crippen LogP contribution in [0.3, 0.4) is 0 Å². The number of hydrogen-bond acceptors (Lipinski definition) is 4. The van der Waals surface area contributed by atoms with Crippen LogP contribution < -0.4 is 10.3 Å². The molecule has 0 radical (unpaired) electrons. The highest BCUT2D eigenvalue weighted by Crippen LogP contribution is 2.42. The summed E-state index contributed by atoms with van der Waals surface area (Å²) in [6, 6.07) is 18.2. The summed E-state index contributed by atoms with van der Waals surface area (Å²) in [6.07, 6.45) is 5.20. The molecule has 0 spiro atoms. The summed E-state index contributed by atoms with van der Waals surface area (Å²) in [7, 11) is 2.15. The van der Waals surface area contributed by atoms with Gasteiger partial charge in [-0.15, -0.1) is 0 Å². The maximum Gasteiger partial charge on any atom is 0.275 e. The second-order valence-corrected chi connectivity index (χ2v) is 8.78. The molecule has 2 aromatic carbocycles. The van der Waals surface area contributed by atoms with Crippen molar-refractivity contribution in [3.8, 4) is 11.4 Å². The van der Waals surface area contributed by atoms with Crippen molar-refractivity contribution in [2.24, 2.45) is 7.05 Å². The lowest BCUT2D eigenvalue weighted by Crippen LogP contribution is -2.31. The van der Waals surface area contributed by atoms with Crippen molar-refractivity contribution >= 4 is 10.9 Å². The summed E-state index contributed by atoms with van der Waals surface area (Å²) in [5.41, 5.74) is 5.72. The third-order valence-electron chi connectivity index (χ3n) is 6.95. The molecule has 2 aromatic heterocycles. The van der Waals surface area contributed by atoms with E-state index in [1.54, 1.807) is 6.20 Å². The largest absolute Gasteiger partial charge is 0.487 e. The highest BCUT2D eigenvalue weighted by atomic mass is 16.5. The third kappa shape index (κ3) is 3.14. The van der Waals surface area contributed by atoms with E-state index in [4.69, 9.17) is 4.74 Å². The Kier molecular flexibility index (Phi) is 4.61. The van der Waals surface area contributed by atoms with Crippen LogP contribution in [0.4, 0.5) is 0 Å². The number of benzene rings is 2. The van der Waals surface area contributed by atoms with Gasteiger partial charge in [0.15, 0.2) is 0 Å². The van der Waals surface area contributed by atoms with Crippen LogP contribution in [0.5, 0.6) is 5.75 Å². The second-order valence-electron chi connectivity index (χ2n) is 8.78. The van der Waals surface area contributed by atoms with Gasteiger partial charge < -0.3 is 9.30 Å². The lowest BCUT2D eigenvalue weighted by molar-refractivity contribution is 0.242. The van der Waals surface area contributed by atoms with Crippen molar-refractivity contribution in [2.45, 2.75) is 31.9 Å². The summed E-state index contributed by atoms with van der Waals surface area (Å²) < 4.78 is 9.52. The Balaban J connectivity index is 1.33. The number of ether oxygens (including phenoxy) is 1. The lowest BCUT2D eigenvalue weighted by Gasteiger charge is -2.30. The molecule has 4 heterocycles. The first-order valence-corrected chi connectivity index (χ1v) is 11.3. The minimum atomic E-state index is -0.198. The average Bonchev–Trinajstić information content (AvgIpc) is 3.41. The molecule has 0 aliphatic carbocycles. The van der Waals surface area contributed by atoms with E-state index in [1.807, 2.05) is 36.4 Å². The lowest BCUT2D eigenvalue weighted by atomic mass is 9.96. The maximum atomic E-state index is 12.8. The van der Waals surface area contributed by atoms with Crippen LogP contribution in [0.2, 0.25) is 0 Å². The Hall–Kier alpha value is -3.38. The molecular weight excluding hydrogens is 400 g/mol. The standard InChI is InChI=1S/C26H26N4O2/c1-28-22-11-13-29-12-5-8-23(29)26(22)21-10-9-19(14-24(21)28)30-25(31)15-20(16-27-30)32-17-18-6-3-2-4-7-18/h2-4,6-7,9-10,14-16,23H,5,8,11-13,17H2,1H3. The summed E-state index contributed by atoms with van der Waals surface area (Å²) in [5.74, 6) is 0.479. The predicted octanol–water partition coefficient (Wildman–Crippen LogP) is 4.00. The normalized spacial score (nSPS) is 18.0. The summed E-state index contributed by atoms with van der Waals surface area (Å²) in [6.45, 7) is 2.75. The quantitative estimate of drug-likeness (QED) is 0.495. The van der Waals surface area contributed by atoms with Gasteiger partial charge in [0.05, 0.1) is 17.4 Å². The van der Waals surface area contributed by atoms with E-state index in [0.29, 0.717) is 18.4 Å². The molecule has 2 aliphatic rings. The topological polar surface area (TPSA) is 52.3 Å². The van der Waals surface area contributed by atoms with Gasteiger partial charge in [-0.2, -0.15) is 9.78 Å². The highest BCUT2D eigenvalue weighted by molar-refractivity contribution is 5.88. The van der Waals surface area contributed by atoms with E-state index in [9.17, 15) is 4.79 Å². The molecule has 1 atom stereocenters. The van der Waals surface area contributed by atoms with E-state index in [2.05, 4.69) is 33.7 Å². The van der Waals surface area contributed by atoms with Gasteiger partial charge in [-0.05, 0) is 42.6 Å². The molecule has 6 rings (SSSR count). The Morgan fingerprint density at radius 2 is 1.97 bits per heavy atom. The summed E-state index contributed by atoms with van der Waals surface area (Å²) >= 11 is 0. The molecule has 6 nitrogen and oxygen atoms in total. The number of rotatable bonds is 4. The van der Waals surface area contributed by atoms with Crippen molar-refractivity contribution < 1.29 is 4.74 Å². The van der Waals surface area contributed by atoms with Gasteiger partial charge in [0, 0.05) is 43.2 Å². The van der Waals surface area contributed by atoms with Crippen LogP contribution in [-0.2, 0) is 20.1 Å². The van der Waals surface area contributed by atoms with Crippen molar-refractivity contribution in [1.29, 1.82) is 0 Å². The number of aryl methyl sites for hydroxylation is 1. The average molecular weight is 427 g/mol. The minimum absolute atomic E-state index is 0.198. The van der Waals surface area contributed by atoms with Gasteiger partial charge >= 0.3 is 0 Å². The van der Waals surface area contributed by atoms with Gasteiger partial charge in [-0.25, -0.2) is 0 Å². The first-order valence-electron chi connectivity index (χ1n) is 11.3. The van der Waals surface area contributed by atoms with E-state index in [0.717, 1.165) is 24.2 Å². The minimum Gasteiger partial charge on any atom is -0.487 e. The van der Waals surface area contributed by atoms with Crippen molar-refractivity contribution in [3.63, 3.8) is 0 Å². The monoisotopic (exact) mass is 426 g/mol. The van der Waals surface area contributed by atoms with Crippen molar-refractivity contribution in [3.05, 3.63) is 88.0 Å². The molecule has 2 aliphatic heterocycles. The number of fused-ring (bicyclic) bond motifs is 5. The van der Waals surface area contributed by atoms with E-state index < -0.39 is 0 Å². The fraction of sp³-hybridized carbons (Fsp3) is 0.308. The molecule has 0 N–H and O–H groups in total. The van der Waals surface area contributed by atoms with Crippen LogP contribution >= 0.6 is 0 Å². The van der Waals surface area contributed by atoms with Gasteiger partial charge in [0.2, 0.25) is 0 Å². The Morgan fingerprint density at radius 3 is 2.81 bits per heavy atom. The van der Waals surface area contributed by atoms with E-state index in [-0.39, 0.29) is 5.56 Å². The molecule has 1 saturated heterocycles. The molecule has 162 valence electrons. The highest BCUT2D eigenvalue weighted by Gasteiger charge is 2.34. The van der Waals surface area contributed by atoms with Crippen molar-refractivity contribution in [2.75, 3.05) is 13.1 Å². The Labute approximate surface area is 186 Å². The molecular formula is C26H26N4O2. The van der Waals surface area contributed by atoms with E-state index in [1.165, 1.54) is 52.3 Å². The molecule has 6 heteroatoms. The van der Waals surface area contributed by atoms with Crippen LogP contribution in [0.25, 0.3) is 16.6 Å². The zero-order valence-corrected chi connectivity index (χ0v) is 18.2.